The number of aryl methyl sites for hydroxylation is 1. The lowest BCUT2D eigenvalue weighted by Gasteiger charge is -2.31. The van der Waals surface area contributed by atoms with Crippen molar-refractivity contribution >= 4 is 29.1 Å². The third-order valence-electron chi connectivity index (χ3n) is 6.97. The highest BCUT2D eigenvalue weighted by atomic mass is 16.5. The summed E-state index contributed by atoms with van der Waals surface area (Å²) in [4.78, 5) is 42.0. The highest BCUT2D eigenvalue weighted by molar-refractivity contribution is 6.10. The van der Waals surface area contributed by atoms with E-state index >= 15 is 0 Å². The number of benzene rings is 2. The maximum Gasteiger partial charge on any atom is 0.277 e. The van der Waals surface area contributed by atoms with Crippen LogP contribution in [0.25, 0.3) is 5.69 Å². The molecule has 0 aliphatic carbocycles. The second-order valence-corrected chi connectivity index (χ2v) is 9.17. The number of anilines is 2. The zero-order valence-electron chi connectivity index (χ0n) is 21.1. The number of aromatic nitrogens is 2. The van der Waals surface area contributed by atoms with Crippen molar-refractivity contribution < 1.29 is 23.9 Å². The minimum Gasteiger partial charge on any atom is -0.493 e. The number of amides is 3. The fourth-order valence-electron chi connectivity index (χ4n) is 5.12. The summed E-state index contributed by atoms with van der Waals surface area (Å²) in [5.41, 5.74) is 9.50. The first-order chi connectivity index (χ1) is 17.8. The molecule has 1 fully saturated rings. The Labute approximate surface area is 214 Å². The number of ether oxygens (including phenoxy) is 2. The van der Waals surface area contributed by atoms with E-state index in [-0.39, 0.29) is 23.2 Å². The molecule has 3 amide bonds. The van der Waals surface area contributed by atoms with Gasteiger partial charge in [0.15, 0.2) is 17.2 Å². The molecule has 2 aliphatic rings. The van der Waals surface area contributed by atoms with Gasteiger partial charge in [-0.2, -0.15) is 5.10 Å². The summed E-state index contributed by atoms with van der Waals surface area (Å²) in [5.74, 6) is 0.126. The third kappa shape index (κ3) is 4.18. The number of carbonyl (C=O) groups excluding carboxylic acids is 3. The molecular formula is C27H29N5O5. The molecule has 2 aliphatic heterocycles. The van der Waals surface area contributed by atoms with Crippen molar-refractivity contribution in [2.45, 2.75) is 32.6 Å². The van der Waals surface area contributed by atoms with Gasteiger partial charge in [0.1, 0.15) is 5.69 Å². The fraction of sp³-hybridized carbons (Fsp3) is 0.333. The van der Waals surface area contributed by atoms with Gasteiger partial charge in [0, 0.05) is 42.5 Å². The maximum atomic E-state index is 13.9. The van der Waals surface area contributed by atoms with Crippen LogP contribution < -0.4 is 25.0 Å². The summed E-state index contributed by atoms with van der Waals surface area (Å²) in [6.45, 7) is 2.99. The van der Waals surface area contributed by atoms with E-state index in [2.05, 4.69) is 5.10 Å². The van der Waals surface area contributed by atoms with Gasteiger partial charge in [-0.3, -0.25) is 14.4 Å². The van der Waals surface area contributed by atoms with Crippen molar-refractivity contribution in [2.75, 3.05) is 37.1 Å². The molecule has 10 heteroatoms. The molecule has 2 N–H and O–H groups in total. The standard InChI is InChI=1S/C27H29N5O5/c1-16-14-17(30-12-5-4-6-23(30)33)7-9-20(16)31-13-11-19-24(26(28)34)29-32(25(19)27(31)35)18-8-10-21(36-2)22(15-18)37-3/h7-10,14-15H,4-6,11-13H2,1-3H3,(H2,28,34). The number of hydrogen-bond donors (Lipinski definition) is 1. The third-order valence-corrected chi connectivity index (χ3v) is 6.97. The summed E-state index contributed by atoms with van der Waals surface area (Å²) in [6.07, 6.45) is 2.86. The van der Waals surface area contributed by atoms with Crippen LogP contribution in [0.1, 0.15) is 51.4 Å². The normalized spacial score (nSPS) is 15.5. The average molecular weight is 504 g/mol. The van der Waals surface area contributed by atoms with E-state index in [9.17, 15) is 14.4 Å². The molecule has 0 unspecified atom stereocenters. The monoisotopic (exact) mass is 503 g/mol. The highest BCUT2D eigenvalue weighted by Crippen LogP contribution is 2.35. The molecular weight excluding hydrogens is 474 g/mol. The molecule has 10 nitrogen and oxygen atoms in total. The van der Waals surface area contributed by atoms with Gasteiger partial charge in [-0.1, -0.05) is 0 Å². The van der Waals surface area contributed by atoms with E-state index in [4.69, 9.17) is 15.2 Å². The Balaban J connectivity index is 1.55. The zero-order chi connectivity index (χ0) is 26.3. The number of primary amides is 1. The van der Waals surface area contributed by atoms with Gasteiger partial charge < -0.3 is 25.0 Å². The topological polar surface area (TPSA) is 120 Å². The van der Waals surface area contributed by atoms with Crippen LogP contribution in [0, 0.1) is 6.92 Å². The smallest absolute Gasteiger partial charge is 0.277 e. The van der Waals surface area contributed by atoms with Crippen molar-refractivity contribution in [2.24, 2.45) is 5.73 Å². The van der Waals surface area contributed by atoms with Crippen LogP contribution in [0.5, 0.6) is 11.5 Å². The molecule has 1 saturated heterocycles. The van der Waals surface area contributed by atoms with Crippen LogP contribution in [-0.2, 0) is 11.2 Å². The zero-order valence-corrected chi connectivity index (χ0v) is 21.1. The van der Waals surface area contributed by atoms with Crippen molar-refractivity contribution in [3.63, 3.8) is 0 Å². The number of piperidine rings is 1. The number of carbonyl (C=O) groups is 3. The van der Waals surface area contributed by atoms with Crippen LogP contribution in [0.15, 0.2) is 36.4 Å². The molecule has 2 aromatic carbocycles. The Morgan fingerprint density at radius 2 is 1.68 bits per heavy atom. The molecule has 0 bridgehead atoms. The molecule has 1 aromatic heterocycles. The predicted octanol–water partition coefficient (Wildman–Crippen LogP) is 3.02. The van der Waals surface area contributed by atoms with Crippen molar-refractivity contribution in [1.29, 1.82) is 0 Å². The quantitative estimate of drug-likeness (QED) is 0.552. The number of fused-ring (bicyclic) bond motifs is 1. The van der Waals surface area contributed by atoms with Gasteiger partial charge >= 0.3 is 0 Å². The SMILES string of the molecule is COc1ccc(-n2nc(C(N)=O)c3c2C(=O)N(c2ccc(N4CCCCC4=O)cc2C)CC3)cc1OC. The summed E-state index contributed by atoms with van der Waals surface area (Å²) < 4.78 is 12.2. The lowest BCUT2D eigenvalue weighted by atomic mass is 10.0. The second kappa shape index (κ2) is 9.61. The lowest BCUT2D eigenvalue weighted by molar-refractivity contribution is -0.119. The van der Waals surface area contributed by atoms with Crippen LogP contribution in [-0.4, -0.2) is 54.8 Å². The van der Waals surface area contributed by atoms with Crippen LogP contribution in [0.4, 0.5) is 11.4 Å². The Bertz CT molecular complexity index is 1410. The number of hydrogen-bond acceptors (Lipinski definition) is 6. The number of nitrogens with two attached hydrogens (primary N) is 1. The molecule has 37 heavy (non-hydrogen) atoms. The second-order valence-electron chi connectivity index (χ2n) is 9.17. The van der Waals surface area contributed by atoms with Gasteiger partial charge in [-0.05, 0) is 62.1 Å². The van der Waals surface area contributed by atoms with Crippen LogP contribution >= 0.6 is 0 Å². The van der Waals surface area contributed by atoms with Crippen molar-refractivity contribution in [3.05, 3.63) is 58.9 Å². The Hall–Kier alpha value is -4.34. The molecule has 5 rings (SSSR count). The van der Waals surface area contributed by atoms with E-state index in [1.807, 2.05) is 30.0 Å². The van der Waals surface area contributed by atoms with E-state index in [0.717, 1.165) is 29.8 Å². The molecule has 0 spiro atoms. The molecule has 3 aromatic rings. The first-order valence-electron chi connectivity index (χ1n) is 12.2. The molecule has 0 radical (unpaired) electrons. The van der Waals surface area contributed by atoms with Gasteiger partial charge in [0.25, 0.3) is 11.8 Å². The Kier molecular flexibility index (Phi) is 6.32. The molecule has 3 heterocycles. The Morgan fingerprint density at radius 3 is 2.35 bits per heavy atom. The fourth-order valence-corrected chi connectivity index (χ4v) is 5.12. The minimum absolute atomic E-state index is 0.0773. The van der Waals surface area contributed by atoms with Gasteiger partial charge in [0.2, 0.25) is 5.91 Å². The van der Waals surface area contributed by atoms with Crippen molar-refractivity contribution in [3.8, 4) is 17.2 Å². The van der Waals surface area contributed by atoms with Crippen LogP contribution in [0.3, 0.4) is 0 Å². The number of rotatable bonds is 6. The van der Waals surface area contributed by atoms with Gasteiger partial charge in [-0.25, -0.2) is 4.68 Å². The largest absolute Gasteiger partial charge is 0.493 e. The molecule has 192 valence electrons. The predicted molar refractivity (Wildman–Crippen MR) is 138 cm³/mol. The first-order valence-corrected chi connectivity index (χ1v) is 12.2. The first kappa shape index (κ1) is 24.4. The van der Waals surface area contributed by atoms with E-state index in [1.54, 1.807) is 23.1 Å². The summed E-state index contributed by atoms with van der Waals surface area (Å²) in [6, 6.07) is 10.8. The molecule has 0 saturated carbocycles. The maximum absolute atomic E-state index is 13.9. The van der Waals surface area contributed by atoms with Gasteiger partial charge in [0.05, 0.1) is 19.9 Å². The summed E-state index contributed by atoms with van der Waals surface area (Å²) in [7, 11) is 3.06. The Morgan fingerprint density at radius 1 is 0.919 bits per heavy atom. The molecule has 0 atom stereocenters. The van der Waals surface area contributed by atoms with E-state index in [0.29, 0.717) is 48.7 Å². The number of nitrogens with zero attached hydrogens (tertiary/aromatic N) is 4. The highest BCUT2D eigenvalue weighted by Gasteiger charge is 2.35. The number of methoxy groups -OCH3 is 2. The minimum atomic E-state index is -0.691. The van der Waals surface area contributed by atoms with Crippen molar-refractivity contribution in [1.82, 2.24) is 9.78 Å². The van der Waals surface area contributed by atoms with E-state index in [1.165, 1.54) is 18.9 Å². The summed E-state index contributed by atoms with van der Waals surface area (Å²) in [5, 5.41) is 4.43. The lowest BCUT2D eigenvalue weighted by Crippen LogP contribution is -2.39. The summed E-state index contributed by atoms with van der Waals surface area (Å²) >= 11 is 0. The van der Waals surface area contributed by atoms with Crippen LogP contribution in [0.2, 0.25) is 0 Å². The average Bonchev–Trinajstić information content (AvgIpc) is 3.30. The van der Waals surface area contributed by atoms with Gasteiger partial charge in [-0.15, -0.1) is 0 Å². The van der Waals surface area contributed by atoms with E-state index < -0.39 is 5.91 Å².